The number of aromatic nitrogens is 1. The number of methoxy groups -OCH3 is 1. The zero-order valence-electron chi connectivity index (χ0n) is 16.6. The predicted octanol–water partition coefficient (Wildman–Crippen LogP) is 2.84. The fourth-order valence-corrected chi connectivity index (χ4v) is 3.98. The number of carbonyl (C=O) groups is 1. The average molecular weight is 375 g/mol. The van der Waals surface area contributed by atoms with Gasteiger partial charge in [0.25, 0.3) is 0 Å². The number of benzene rings is 1. The van der Waals surface area contributed by atoms with E-state index in [0.717, 1.165) is 30.3 Å². The lowest BCUT2D eigenvalue weighted by molar-refractivity contribution is 0.0919. The Balaban J connectivity index is 1.69. The van der Waals surface area contributed by atoms with Crippen LogP contribution in [0, 0.1) is 0 Å². The molecule has 1 atom stereocenters. The minimum Gasteiger partial charge on any atom is -0.408 e. The molecule has 1 N–H and O–H groups in total. The van der Waals surface area contributed by atoms with E-state index in [0.29, 0.717) is 31.2 Å². The molecule has 0 aliphatic carbocycles. The molecule has 0 spiro atoms. The lowest BCUT2D eigenvalue weighted by atomic mass is 9.79. The fraction of sp³-hybridized carbons (Fsp3) is 0.600. The lowest BCUT2D eigenvalue weighted by Gasteiger charge is -2.45. The van der Waals surface area contributed by atoms with E-state index in [2.05, 4.69) is 25.2 Å². The molecule has 2 heterocycles. The average Bonchev–Trinajstić information content (AvgIpc) is 2.91. The molecule has 1 unspecified atom stereocenters. The zero-order chi connectivity index (χ0) is 19.6. The van der Waals surface area contributed by atoms with E-state index in [4.69, 9.17) is 9.15 Å². The monoisotopic (exact) mass is 375 g/mol. The van der Waals surface area contributed by atoms with Gasteiger partial charge in [-0.15, -0.1) is 0 Å². The summed E-state index contributed by atoms with van der Waals surface area (Å²) in [5.41, 5.74) is 2.33. The summed E-state index contributed by atoms with van der Waals surface area (Å²) in [7, 11) is 3.37. The maximum absolute atomic E-state index is 12.6. The van der Waals surface area contributed by atoms with Gasteiger partial charge in [-0.1, -0.05) is 6.07 Å². The first-order chi connectivity index (χ1) is 12.8. The van der Waals surface area contributed by atoms with Crippen LogP contribution in [0.15, 0.2) is 27.4 Å². The van der Waals surface area contributed by atoms with Crippen LogP contribution in [0.25, 0.3) is 11.1 Å². The van der Waals surface area contributed by atoms with Crippen molar-refractivity contribution in [2.24, 2.45) is 7.05 Å². The van der Waals surface area contributed by atoms with Crippen molar-refractivity contribution >= 4 is 17.1 Å². The van der Waals surface area contributed by atoms with E-state index < -0.39 is 0 Å². The largest absolute Gasteiger partial charge is 0.419 e. The van der Waals surface area contributed by atoms with E-state index in [-0.39, 0.29) is 17.3 Å². The van der Waals surface area contributed by atoms with Crippen LogP contribution in [0.3, 0.4) is 0 Å². The maximum atomic E-state index is 12.6. The number of oxazole rings is 1. The number of rotatable bonds is 5. The molecule has 7 heteroatoms. The summed E-state index contributed by atoms with van der Waals surface area (Å²) in [5, 5.41) is 2.99. The fourth-order valence-electron chi connectivity index (χ4n) is 3.98. The SMILES string of the molecule is COCCCNC(=O)N1CCC(c2ccc3c(c2)oc(=O)n3C)CC1(C)C. The van der Waals surface area contributed by atoms with E-state index in [1.807, 2.05) is 17.0 Å². The Morgan fingerprint density at radius 3 is 2.89 bits per heavy atom. The van der Waals surface area contributed by atoms with Crippen LogP contribution >= 0.6 is 0 Å². The van der Waals surface area contributed by atoms with E-state index in [1.165, 1.54) is 4.57 Å². The van der Waals surface area contributed by atoms with E-state index in [1.54, 1.807) is 14.2 Å². The van der Waals surface area contributed by atoms with Crippen molar-refractivity contribution in [1.29, 1.82) is 0 Å². The van der Waals surface area contributed by atoms with Gasteiger partial charge in [0.05, 0.1) is 5.52 Å². The van der Waals surface area contributed by atoms with Crippen LogP contribution in [0.1, 0.15) is 44.6 Å². The molecule has 0 saturated carbocycles. The van der Waals surface area contributed by atoms with Crippen molar-refractivity contribution in [3.63, 3.8) is 0 Å². The van der Waals surface area contributed by atoms with Crippen LogP contribution in [-0.2, 0) is 11.8 Å². The molecular weight excluding hydrogens is 346 g/mol. The Hall–Kier alpha value is -2.28. The highest BCUT2D eigenvalue weighted by Gasteiger charge is 2.38. The van der Waals surface area contributed by atoms with Crippen molar-refractivity contribution in [3.8, 4) is 0 Å². The predicted molar refractivity (Wildman–Crippen MR) is 104 cm³/mol. The molecule has 1 aliphatic heterocycles. The molecular formula is C20H29N3O4. The van der Waals surface area contributed by atoms with E-state index >= 15 is 0 Å². The molecule has 2 amide bonds. The second-order valence-electron chi connectivity index (χ2n) is 7.89. The number of nitrogens with one attached hydrogen (secondary N) is 1. The summed E-state index contributed by atoms with van der Waals surface area (Å²) in [5.74, 6) is -0.0186. The first-order valence-corrected chi connectivity index (χ1v) is 9.47. The minimum atomic E-state index is -0.345. The van der Waals surface area contributed by atoms with Gasteiger partial charge in [0.15, 0.2) is 5.58 Å². The van der Waals surface area contributed by atoms with Gasteiger partial charge in [-0.05, 0) is 56.7 Å². The molecule has 1 saturated heterocycles. The quantitative estimate of drug-likeness (QED) is 0.816. The highest BCUT2D eigenvalue weighted by atomic mass is 16.5. The molecule has 3 rings (SSSR count). The van der Waals surface area contributed by atoms with E-state index in [9.17, 15) is 9.59 Å². The van der Waals surface area contributed by atoms with Gasteiger partial charge in [0.2, 0.25) is 0 Å². The molecule has 1 fully saturated rings. The number of urea groups is 1. The van der Waals surface area contributed by atoms with Crippen molar-refractivity contribution in [2.75, 3.05) is 26.8 Å². The van der Waals surface area contributed by atoms with Crippen LogP contribution in [0.5, 0.6) is 0 Å². The van der Waals surface area contributed by atoms with Crippen LogP contribution < -0.4 is 11.1 Å². The molecule has 0 radical (unpaired) electrons. The molecule has 1 aromatic carbocycles. The summed E-state index contributed by atoms with van der Waals surface area (Å²) in [6, 6.07) is 5.97. The molecule has 1 aliphatic rings. The first-order valence-electron chi connectivity index (χ1n) is 9.47. The Labute approximate surface area is 159 Å². The topological polar surface area (TPSA) is 76.7 Å². The zero-order valence-corrected chi connectivity index (χ0v) is 16.6. The Bertz CT molecular complexity index is 868. The molecule has 27 heavy (non-hydrogen) atoms. The number of hydrogen-bond acceptors (Lipinski definition) is 4. The third-order valence-corrected chi connectivity index (χ3v) is 5.51. The maximum Gasteiger partial charge on any atom is 0.419 e. The third kappa shape index (κ3) is 4.03. The summed E-state index contributed by atoms with van der Waals surface area (Å²) in [4.78, 5) is 26.2. The summed E-state index contributed by atoms with van der Waals surface area (Å²) >= 11 is 0. The second kappa shape index (κ2) is 7.76. The molecule has 1 aromatic heterocycles. The van der Waals surface area contributed by atoms with Crippen molar-refractivity contribution in [3.05, 3.63) is 34.3 Å². The van der Waals surface area contributed by atoms with Gasteiger partial charge >= 0.3 is 11.8 Å². The number of aryl methyl sites for hydroxylation is 1. The van der Waals surface area contributed by atoms with Gasteiger partial charge in [-0.3, -0.25) is 4.57 Å². The van der Waals surface area contributed by atoms with Gasteiger partial charge in [0, 0.05) is 39.4 Å². The number of carbonyl (C=O) groups excluding carboxylic acids is 1. The Morgan fingerprint density at radius 1 is 1.41 bits per heavy atom. The van der Waals surface area contributed by atoms with Gasteiger partial charge in [0.1, 0.15) is 0 Å². The number of ether oxygens (including phenoxy) is 1. The summed E-state index contributed by atoms with van der Waals surface area (Å²) < 4.78 is 11.9. The van der Waals surface area contributed by atoms with Crippen LogP contribution in [0.2, 0.25) is 0 Å². The first kappa shape index (κ1) is 19.5. The number of amides is 2. The minimum absolute atomic E-state index is 0.0148. The van der Waals surface area contributed by atoms with Gasteiger partial charge in [-0.2, -0.15) is 0 Å². The molecule has 7 nitrogen and oxygen atoms in total. The second-order valence-corrected chi connectivity index (χ2v) is 7.89. The van der Waals surface area contributed by atoms with Gasteiger partial charge < -0.3 is 19.4 Å². The Kier molecular flexibility index (Phi) is 5.60. The third-order valence-electron chi connectivity index (χ3n) is 5.51. The van der Waals surface area contributed by atoms with Crippen LogP contribution in [-0.4, -0.2) is 47.8 Å². The molecule has 2 aromatic rings. The normalized spacial score (nSPS) is 19.4. The van der Waals surface area contributed by atoms with Crippen molar-refractivity contribution in [1.82, 2.24) is 14.8 Å². The van der Waals surface area contributed by atoms with Crippen LogP contribution in [0.4, 0.5) is 4.79 Å². The summed E-state index contributed by atoms with van der Waals surface area (Å²) in [6.07, 6.45) is 2.56. The molecule has 148 valence electrons. The Morgan fingerprint density at radius 2 is 2.19 bits per heavy atom. The summed E-state index contributed by atoms with van der Waals surface area (Å²) in [6.45, 7) is 6.17. The number of nitrogens with zero attached hydrogens (tertiary/aromatic N) is 2. The number of piperidine rings is 1. The number of likely N-dealkylation sites (tertiary alicyclic amines) is 1. The highest BCUT2D eigenvalue weighted by molar-refractivity contribution is 5.75. The smallest absolute Gasteiger partial charge is 0.408 e. The number of hydrogen-bond donors (Lipinski definition) is 1. The van der Waals surface area contributed by atoms with Crippen molar-refractivity contribution < 1.29 is 13.9 Å². The lowest BCUT2D eigenvalue weighted by Crippen LogP contribution is -2.55. The van der Waals surface area contributed by atoms with Gasteiger partial charge in [-0.25, -0.2) is 9.59 Å². The standard InChI is InChI=1S/C20H29N3O4/c1-20(2)13-15(8-10-23(20)18(24)21-9-5-11-26-4)14-6-7-16-17(12-14)27-19(25)22(16)3/h6-7,12,15H,5,8-11,13H2,1-4H3,(H,21,24). The molecule has 0 bridgehead atoms. The van der Waals surface area contributed by atoms with Crippen molar-refractivity contribution in [2.45, 2.75) is 44.6 Å². The highest BCUT2D eigenvalue weighted by Crippen LogP contribution is 2.38. The number of fused-ring (bicyclic) bond motifs is 1.